The molecule has 10 heteroatoms. The molecular formula is C19H23FN6O3. The van der Waals surface area contributed by atoms with Gasteiger partial charge in [-0.15, -0.1) is 5.10 Å². The molecule has 0 bridgehead atoms. The topological polar surface area (TPSA) is 131 Å². The van der Waals surface area contributed by atoms with E-state index in [1.807, 2.05) is 13.8 Å². The Morgan fingerprint density at radius 2 is 2.03 bits per heavy atom. The van der Waals surface area contributed by atoms with Crippen LogP contribution < -0.4 is 15.8 Å². The summed E-state index contributed by atoms with van der Waals surface area (Å²) in [5.41, 5.74) is 5.09. The van der Waals surface area contributed by atoms with Crippen LogP contribution in [-0.2, 0) is 0 Å². The van der Waals surface area contributed by atoms with Crippen LogP contribution in [0.3, 0.4) is 0 Å². The Labute approximate surface area is 167 Å². The number of nitrogens with two attached hydrogens (primary N) is 1. The average Bonchev–Trinajstić information content (AvgIpc) is 3.08. The molecule has 4 N–H and O–H groups in total. The summed E-state index contributed by atoms with van der Waals surface area (Å²) in [6, 6.07) is 7.25. The molecule has 0 aliphatic carbocycles. The van der Waals surface area contributed by atoms with E-state index in [9.17, 15) is 14.5 Å². The molecule has 154 valence electrons. The number of nitrogens with one attached hydrogen (secondary N) is 2. The number of halogens is 1. The van der Waals surface area contributed by atoms with Gasteiger partial charge in [0.25, 0.3) is 5.54 Å². The van der Waals surface area contributed by atoms with Crippen molar-refractivity contribution in [2.45, 2.75) is 44.8 Å². The van der Waals surface area contributed by atoms with E-state index < -0.39 is 22.2 Å². The number of anilines is 1. The van der Waals surface area contributed by atoms with Crippen molar-refractivity contribution in [3.63, 3.8) is 0 Å². The van der Waals surface area contributed by atoms with Crippen molar-refractivity contribution in [1.82, 2.24) is 10.2 Å². The highest BCUT2D eigenvalue weighted by atomic mass is 19.1. The molecule has 1 aliphatic rings. The lowest BCUT2D eigenvalue weighted by molar-refractivity contribution is -0.551. The number of ether oxygens (including phenoxy) is 1. The molecule has 1 aromatic heterocycles. The van der Waals surface area contributed by atoms with Crippen LogP contribution in [0.1, 0.15) is 38.7 Å². The number of aromatic nitrogens is 2. The van der Waals surface area contributed by atoms with E-state index in [1.165, 1.54) is 24.3 Å². The van der Waals surface area contributed by atoms with Crippen LogP contribution in [0.2, 0.25) is 0 Å². The van der Waals surface area contributed by atoms with Gasteiger partial charge < -0.3 is 15.8 Å². The first-order chi connectivity index (χ1) is 13.7. The third-order valence-corrected chi connectivity index (χ3v) is 4.88. The Hall–Kier alpha value is -3.43. The van der Waals surface area contributed by atoms with Crippen molar-refractivity contribution in [2.75, 3.05) is 5.32 Å². The molecule has 0 radical (unpaired) electrons. The summed E-state index contributed by atoms with van der Waals surface area (Å²) in [5.74, 6) is 0.156. The maximum atomic E-state index is 13.2. The van der Waals surface area contributed by atoms with Crippen molar-refractivity contribution >= 4 is 11.7 Å². The Morgan fingerprint density at radius 3 is 2.62 bits per heavy atom. The third kappa shape index (κ3) is 4.05. The minimum Gasteiger partial charge on any atom is -0.474 e. The lowest BCUT2D eigenvalue weighted by Crippen LogP contribution is -2.55. The summed E-state index contributed by atoms with van der Waals surface area (Å²) in [6.45, 7) is 5.46. The molecule has 0 saturated heterocycles. The van der Waals surface area contributed by atoms with Gasteiger partial charge in [0.1, 0.15) is 17.5 Å². The van der Waals surface area contributed by atoms with Crippen molar-refractivity contribution in [1.29, 1.82) is 0 Å². The zero-order valence-electron chi connectivity index (χ0n) is 16.3. The van der Waals surface area contributed by atoms with Gasteiger partial charge in [-0.3, -0.25) is 15.2 Å². The maximum absolute atomic E-state index is 13.2. The second-order valence-corrected chi connectivity index (χ2v) is 7.16. The van der Waals surface area contributed by atoms with Gasteiger partial charge in [-0.2, -0.15) is 0 Å². The summed E-state index contributed by atoms with van der Waals surface area (Å²) in [6.07, 6.45) is 1.62. The first-order valence-electron chi connectivity index (χ1n) is 9.16. The number of rotatable bonds is 7. The van der Waals surface area contributed by atoms with Crippen LogP contribution in [0, 0.1) is 15.9 Å². The highest BCUT2D eigenvalue weighted by Gasteiger charge is 2.53. The maximum Gasteiger partial charge on any atom is 0.288 e. The largest absolute Gasteiger partial charge is 0.474 e. The number of benzene rings is 1. The highest BCUT2D eigenvalue weighted by Crippen LogP contribution is 2.37. The van der Waals surface area contributed by atoms with E-state index in [-0.39, 0.29) is 18.4 Å². The van der Waals surface area contributed by atoms with Crippen molar-refractivity contribution in [2.24, 2.45) is 10.7 Å². The molecule has 2 atom stereocenters. The average molecular weight is 402 g/mol. The molecule has 3 rings (SSSR count). The molecule has 9 nitrogen and oxygen atoms in total. The van der Waals surface area contributed by atoms with Crippen LogP contribution in [0.15, 0.2) is 47.2 Å². The molecule has 2 heterocycles. The lowest BCUT2D eigenvalue weighted by atomic mass is 9.76. The first-order valence-corrected chi connectivity index (χ1v) is 9.16. The number of nitrogens with zero attached hydrogens (tertiary/aromatic N) is 3. The summed E-state index contributed by atoms with van der Waals surface area (Å²) >= 11 is 0. The molecule has 29 heavy (non-hydrogen) atoms. The molecule has 0 fully saturated rings. The van der Waals surface area contributed by atoms with Gasteiger partial charge in [0, 0.05) is 17.4 Å². The Balaban J connectivity index is 1.82. The normalized spacial score (nSPS) is 20.0. The summed E-state index contributed by atoms with van der Waals surface area (Å²) in [7, 11) is 0. The molecule has 2 aromatic rings. The Morgan fingerprint density at radius 1 is 1.34 bits per heavy atom. The van der Waals surface area contributed by atoms with Crippen molar-refractivity contribution in [3.05, 3.63) is 63.7 Å². The summed E-state index contributed by atoms with van der Waals surface area (Å²) in [4.78, 5) is 15.8. The second kappa shape index (κ2) is 7.90. The van der Waals surface area contributed by atoms with E-state index in [0.717, 1.165) is 0 Å². The predicted octanol–water partition coefficient (Wildman–Crippen LogP) is 3.17. The fourth-order valence-electron chi connectivity index (χ4n) is 3.27. The minimum absolute atomic E-state index is 0.0256. The van der Waals surface area contributed by atoms with Gasteiger partial charge in [-0.05, 0) is 37.6 Å². The molecule has 2 unspecified atom stereocenters. The number of aliphatic imine (C=N–C) groups is 1. The van der Waals surface area contributed by atoms with Crippen molar-refractivity contribution in [3.8, 4) is 5.88 Å². The fourth-order valence-corrected chi connectivity index (χ4v) is 3.27. The van der Waals surface area contributed by atoms with Gasteiger partial charge in [0.05, 0.1) is 12.0 Å². The molecule has 0 amide bonds. The molecule has 0 saturated carbocycles. The molecule has 1 aromatic carbocycles. The van der Waals surface area contributed by atoms with E-state index in [4.69, 9.17) is 10.5 Å². The Kier molecular flexibility index (Phi) is 5.53. The predicted molar refractivity (Wildman–Crippen MR) is 107 cm³/mol. The number of amidine groups is 1. The number of H-pyrrole nitrogens is 1. The number of nitro groups is 1. The van der Waals surface area contributed by atoms with Gasteiger partial charge in [0.15, 0.2) is 5.84 Å². The standard InChI is InChI=1S/C19H23FN6O3/c1-11(2)29-17-10-16(24-25-17)22-15-8-9-19(26(27)28,18(21)23-15)12(3)13-4-6-14(20)7-5-13/h4-8,10-12H,9H2,1-3H3,(H2,21,23)(H2,22,24,25). The SMILES string of the molecule is CC(C)Oc1cc(NC2=CCC(C(C)c3ccc(F)cc3)([N+](=O)[O-])C(N)=N2)[nH]n1. The minimum atomic E-state index is -1.62. The third-order valence-electron chi connectivity index (χ3n) is 4.88. The van der Waals surface area contributed by atoms with E-state index >= 15 is 0 Å². The van der Waals surface area contributed by atoms with Crippen LogP contribution in [0.25, 0.3) is 0 Å². The van der Waals surface area contributed by atoms with E-state index in [2.05, 4.69) is 20.5 Å². The lowest BCUT2D eigenvalue weighted by Gasteiger charge is -2.32. The molecular weight excluding hydrogens is 379 g/mol. The van der Waals surface area contributed by atoms with Gasteiger partial charge in [-0.1, -0.05) is 19.1 Å². The van der Waals surface area contributed by atoms with Crippen LogP contribution in [0.4, 0.5) is 10.2 Å². The Bertz CT molecular complexity index is 953. The van der Waals surface area contributed by atoms with Crippen molar-refractivity contribution < 1.29 is 14.1 Å². The van der Waals surface area contributed by atoms with E-state index in [1.54, 1.807) is 19.1 Å². The highest BCUT2D eigenvalue weighted by molar-refractivity contribution is 5.92. The van der Waals surface area contributed by atoms with Gasteiger partial charge in [0.2, 0.25) is 5.88 Å². The van der Waals surface area contributed by atoms with E-state index in [0.29, 0.717) is 23.1 Å². The zero-order chi connectivity index (χ0) is 21.2. The smallest absolute Gasteiger partial charge is 0.288 e. The fraction of sp³-hybridized carbons (Fsp3) is 0.368. The van der Waals surface area contributed by atoms with Crippen LogP contribution in [0.5, 0.6) is 5.88 Å². The molecule has 1 aliphatic heterocycles. The monoisotopic (exact) mass is 402 g/mol. The summed E-state index contributed by atoms with van der Waals surface area (Å²) < 4.78 is 18.7. The quantitative estimate of drug-likeness (QED) is 0.481. The number of hydrogen-bond acceptors (Lipinski definition) is 7. The summed E-state index contributed by atoms with van der Waals surface area (Å²) in [5, 5.41) is 21.8. The number of aromatic amines is 1. The second-order valence-electron chi connectivity index (χ2n) is 7.16. The van der Waals surface area contributed by atoms with Gasteiger partial charge >= 0.3 is 0 Å². The first kappa shape index (κ1) is 20.3. The van der Waals surface area contributed by atoms with Crippen LogP contribution >= 0.6 is 0 Å². The molecule has 0 spiro atoms. The van der Waals surface area contributed by atoms with Gasteiger partial charge in [-0.25, -0.2) is 9.38 Å². The zero-order valence-corrected chi connectivity index (χ0v) is 16.3. The number of hydrogen-bond donors (Lipinski definition) is 3. The van der Waals surface area contributed by atoms with Crippen LogP contribution in [-0.4, -0.2) is 32.6 Å².